The van der Waals surface area contributed by atoms with Crippen LogP contribution in [-0.4, -0.2) is 26.4 Å². The first kappa shape index (κ1) is 18.1. The van der Waals surface area contributed by atoms with Gasteiger partial charge in [-0.3, -0.25) is 14.2 Å². The maximum Gasteiger partial charge on any atom is 0.261 e. The van der Waals surface area contributed by atoms with Gasteiger partial charge in [0.1, 0.15) is 0 Å². The summed E-state index contributed by atoms with van der Waals surface area (Å²) < 4.78 is 1.71. The first-order valence-corrected chi connectivity index (χ1v) is 8.87. The fourth-order valence-corrected chi connectivity index (χ4v) is 3.07. The van der Waals surface area contributed by atoms with Crippen LogP contribution in [0.2, 0.25) is 0 Å². The lowest BCUT2D eigenvalue weighted by atomic mass is 10.1. The minimum Gasteiger partial charge on any atom is -0.332 e. The molecule has 26 heavy (non-hydrogen) atoms. The predicted octanol–water partition coefficient (Wildman–Crippen LogP) is 3.65. The molecule has 0 fully saturated rings. The summed E-state index contributed by atoms with van der Waals surface area (Å²) in [5.41, 5.74) is 2.00. The van der Waals surface area contributed by atoms with Crippen molar-refractivity contribution >= 4 is 29.0 Å². The molecular formula is C20H21N3O2S. The van der Waals surface area contributed by atoms with Gasteiger partial charge in [-0.1, -0.05) is 30.3 Å². The zero-order valence-electron chi connectivity index (χ0n) is 15.0. The quantitative estimate of drug-likeness (QED) is 0.716. The summed E-state index contributed by atoms with van der Waals surface area (Å²) in [5, 5.41) is 0.511. The second-order valence-corrected chi connectivity index (χ2v) is 6.95. The molecule has 3 aromatic rings. The van der Waals surface area contributed by atoms with E-state index < -0.39 is 0 Å². The van der Waals surface area contributed by atoms with Gasteiger partial charge in [0.15, 0.2) is 4.77 Å². The van der Waals surface area contributed by atoms with Crippen molar-refractivity contribution in [2.75, 3.05) is 0 Å². The molecule has 1 N–H and O–H groups in total. The van der Waals surface area contributed by atoms with Crippen LogP contribution in [0.5, 0.6) is 0 Å². The zero-order chi connectivity index (χ0) is 18.8. The normalized spacial score (nSPS) is 11.1. The maximum atomic E-state index is 13.1. The Labute approximate surface area is 156 Å². The molecule has 134 valence electrons. The van der Waals surface area contributed by atoms with Crippen LogP contribution in [0.1, 0.15) is 29.8 Å². The Morgan fingerprint density at radius 1 is 1.19 bits per heavy atom. The molecule has 0 bridgehead atoms. The van der Waals surface area contributed by atoms with E-state index in [1.54, 1.807) is 25.2 Å². The van der Waals surface area contributed by atoms with Crippen molar-refractivity contribution in [3.8, 4) is 0 Å². The minimum absolute atomic E-state index is 0.0422. The Hall–Kier alpha value is -2.73. The second-order valence-electron chi connectivity index (χ2n) is 6.57. The highest BCUT2D eigenvalue weighted by atomic mass is 32.1. The van der Waals surface area contributed by atoms with Gasteiger partial charge in [-0.2, -0.15) is 0 Å². The van der Waals surface area contributed by atoms with Crippen LogP contribution in [0.25, 0.3) is 10.9 Å². The molecule has 1 heterocycles. The van der Waals surface area contributed by atoms with Crippen LogP contribution < -0.4 is 5.56 Å². The SMILES string of the molecule is CC(C)N(Cc1ccccc1)C(=O)c1ccc2c(=O)n(C)c(=S)[nH]c2c1. The van der Waals surface area contributed by atoms with Crippen molar-refractivity contribution in [1.29, 1.82) is 0 Å². The Morgan fingerprint density at radius 2 is 1.88 bits per heavy atom. The van der Waals surface area contributed by atoms with E-state index in [2.05, 4.69) is 4.98 Å². The maximum absolute atomic E-state index is 13.1. The van der Waals surface area contributed by atoms with Gasteiger partial charge in [0, 0.05) is 25.2 Å². The smallest absolute Gasteiger partial charge is 0.261 e. The van der Waals surface area contributed by atoms with Crippen molar-refractivity contribution in [3.63, 3.8) is 0 Å². The van der Waals surface area contributed by atoms with E-state index in [1.165, 1.54) is 4.57 Å². The van der Waals surface area contributed by atoms with Crippen LogP contribution >= 0.6 is 12.2 Å². The monoisotopic (exact) mass is 367 g/mol. The van der Waals surface area contributed by atoms with E-state index in [9.17, 15) is 9.59 Å². The van der Waals surface area contributed by atoms with E-state index in [1.807, 2.05) is 49.1 Å². The van der Waals surface area contributed by atoms with Crippen LogP contribution in [0.15, 0.2) is 53.3 Å². The number of hydrogen-bond donors (Lipinski definition) is 1. The summed E-state index contributed by atoms with van der Waals surface area (Å²) in [7, 11) is 1.63. The van der Waals surface area contributed by atoms with Crippen molar-refractivity contribution in [2.24, 2.45) is 7.05 Å². The standard InChI is InChI=1S/C20H21N3O2S/c1-13(2)23(12-14-7-5-4-6-8-14)18(24)15-9-10-16-17(11-15)21-20(26)22(3)19(16)25/h4-11,13H,12H2,1-3H3,(H,21,26). The predicted molar refractivity (Wildman–Crippen MR) is 106 cm³/mol. The number of aromatic amines is 1. The molecule has 0 aliphatic rings. The fourth-order valence-electron chi connectivity index (χ4n) is 2.87. The molecule has 0 saturated heterocycles. The number of rotatable bonds is 4. The molecule has 3 rings (SSSR count). The van der Waals surface area contributed by atoms with E-state index in [0.29, 0.717) is 27.8 Å². The van der Waals surface area contributed by atoms with Gasteiger partial charge in [-0.05, 0) is 49.8 Å². The molecule has 0 unspecified atom stereocenters. The number of nitrogens with one attached hydrogen (secondary N) is 1. The zero-order valence-corrected chi connectivity index (χ0v) is 15.8. The summed E-state index contributed by atoms with van der Waals surface area (Å²) >= 11 is 5.17. The van der Waals surface area contributed by atoms with Gasteiger partial charge in [0.2, 0.25) is 0 Å². The van der Waals surface area contributed by atoms with E-state index in [-0.39, 0.29) is 17.5 Å². The lowest BCUT2D eigenvalue weighted by Gasteiger charge is -2.27. The third kappa shape index (κ3) is 3.46. The van der Waals surface area contributed by atoms with Crippen LogP contribution in [0, 0.1) is 4.77 Å². The average molecular weight is 367 g/mol. The topological polar surface area (TPSA) is 58.1 Å². The van der Waals surface area contributed by atoms with Crippen LogP contribution in [-0.2, 0) is 13.6 Å². The summed E-state index contributed by atoms with van der Waals surface area (Å²) in [5.74, 6) is -0.0780. The van der Waals surface area contributed by atoms with Crippen LogP contribution in [0.3, 0.4) is 0 Å². The number of amides is 1. The van der Waals surface area contributed by atoms with Crippen molar-refractivity contribution in [2.45, 2.75) is 26.4 Å². The van der Waals surface area contributed by atoms with Gasteiger partial charge in [0.25, 0.3) is 11.5 Å². The summed E-state index contributed by atoms with van der Waals surface area (Å²) in [6.07, 6.45) is 0. The third-order valence-corrected chi connectivity index (χ3v) is 4.80. The Kier molecular flexibility index (Phi) is 5.04. The van der Waals surface area contributed by atoms with E-state index >= 15 is 0 Å². The average Bonchev–Trinajstić information content (AvgIpc) is 2.64. The number of carbonyl (C=O) groups excluding carboxylic acids is 1. The Morgan fingerprint density at radius 3 is 2.54 bits per heavy atom. The lowest BCUT2D eigenvalue weighted by Crippen LogP contribution is -2.36. The molecule has 5 nitrogen and oxygen atoms in total. The van der Waals surface area contributed by atoms with Gasteiger partial charge in [-0.15, -0.1) is 0 Å². The molecule has 2 aromatic carbocycles. The first-order valence-electron chi connectivity index (χ1n) is 8.46. The number of nitrogens with zero attached hydrogens (tertiary/aromatic N) is 2. The van der Waals surface area contributed by atoms with Gasteiger partial charge >= 0.3 is 0 Å². The first-order chi connectivity index (χ1) is 12.4. The second kappa shape index (κ2) is 7.25. The number of fused-ring (bicyclic) bond motifs is 1. The highest BCUT2D eigenvalue weighted by Crippen LogP contribution is 2.16. The highest BCUT2D eigenvalue weighted by molar-refractivity contribution is 7.71. The molecule has 0 atom stereocenters. The Balaban J connectivity index is 2.00. The Bertz CT molecular complexity index is 1070. The highest BCUT2D eigenvalue weighted by Gasteiger charge is 2.20. The molecular weight excluding hydrogens is 346 g/mol. The van der Waals surface area contributed by atoms with Crippen LogP contribution in [0.4, 0.5) is 0 Å². The summed E-state index contributed by atoms with van der Waals surface area (Å²) in [6, 6.07) is 15.0. The van der Waals surface area contributed by atoms with Crippen molar-refractivity contribution < 1.29 is 4.79 Å². The lowest BCUT2D eigenvalue weighted by molar-refractivity contribution is 0.0690. The molecule has 0 spiro atoms. The molecule has 1 amide bonds. The molecule has 0 saturated carbocycles. The van der Waals surface area contributed by atoms with Gasteiger partial charge < -0.3 is 9.88 Å². The van der Waals surface area contributed by atoms with Gasteiger partial charge in [-0.25, -0.2) is 0 Å². The third-order valence-electron chi connectivity index (χ3n) is 4.43. The summed E-state index contributed by atoms with van der Waals surface area (Å²) in [6.45, 7) is 4.51. The molecule has 6 heteroatoms. The molecule has 0 aliphatic carbocycles. The van der Waals surface area contributed by atoms with Crippen molar-refractivity contribution in [3.05, 3.63) is 74.8 Å². The largest absolute Gasteiger partial charge is 0.332 e. The van der Waals surface area contributed by atoms with Crippen molar-refractivity contribution in [1.82, 2.24) is 14.5 Å². The number of hydrogen-bond acceptors (Lipinski definition) is 3. The van der Waals surface area contributed by atoms with E-state index in [0.717, 1.165) is 5.56 Å². The molecule has 1 aromatic heterocycles. The molecule has 0 aliphatic heterocycles. The fraction of sp³-hybridized carbons (Fsp3) is 0.250. The number of aromatic nitrogens is 2. The minimum atomic E-state index is -0.173. The number of H-pyrrole nitrogens is 1. The summed E-state index contributed by atoms with van der Waals surface area (Å²) in [4.78, 5) is 30.2. The van der Waals surface area contributed by atoms with E-state index in [4.69, 9.17) is 12.2 Å². The number of benzene rings is 2. The molecule has 0 radical (unpaired) electrons. The van der Waals surface area contributed by atoms with Gasteiger partial charge in [0.05, 0.1) is 10.9 Å². The number of carbonyl (C=O) groups is 1.